The molecule has 0 radical (unpaired) electrons. The van der Waals surface area contributed by atoms with Crippen molar-refractivity contribution in [3.8, 4) is 0 Å². The normalized spacial score (nSPS) is 13.7. The number of rotatable bonds is 6. The van der Waals surface area contributed by atoms with Gasteiger partial charge in [-0.15, -0.1) is 0 Å². The molecule has 3 aromatic rings. The Morgan fingerprint density at radius 1 is 1.40 bits per heavy atom. The highest BCUT2D eigenvalue weighted by atomic mass is 16.4. The van der Waals surface area contributed by atoms with Crippen LogP contribution in [0, 0.1) is 0 Å². The summed E-state index contributed by atoms with van der Waals surface area (Å²) in [5.41, 5.74) is 0.547. The molecule has 0 aliphatic rings. The van der Waals surface area contributed by atoms with E-state index in [1.54, 1.807) is 55.3 Å². The molecular weight excluding hydrogens is 324 g/mol. The summed E-state index contributed by atoms with van der Waals surface area (Å²) in [7, 11) is 1.76. The molecule has 2 heterocycles. The maximum atomic E-state index is 12.1. The fourth-order valence-electron chi connectivity index (χ4n) is 2.60. The zero-order valence-corrected chi connectivity index (χ0v) is 14.1. The smallest absolute Gasteiger partial charge is 0.408 e. The number of aromatic nitrogens is 3. The number of aliphatic hydroxyl groups is 1. The summed E-state index contributed by atoms with van der Waals surface area (Å²) in [6, 6.07) is 7.06. The quantitative estimate of drug-likeness (QED) is 0.687. The standard InChI is InChI=1S/C17H20N4O4/c1-17(24,12-9-19-20(2)10-12)11-18-15(22)7-8-21-13-5-3-4-6-14(13)25-16(21)23/h3-6,9-10,24H,7-8,11H2,1-2H3,(H,18,22). The Balaban J connectivity index is 1.59. The highest BCUT2D eigenvalue weighted by Crippen LogP contribution is 2.18. The van der Waals surface area contributed by atoms with Crippen LogP contribution in [0.2, 0.25) is 0 Å². The van der Waals surface area contributed by atoms with Crippen LogP contribution in [-0.2, 0) is 24.0 Å². The van der Waals surface area contributed by atoms with Crippen LogP contribution in [-0.4, -0.2) is 31.9 Å². The molecule has 25 heavy (non-hydrogen) atoms. The van der Waals surface area contributed by atoms with Gasteiger partial charge in [0, 0.05) is 31.8 Å². The van der Waals surface area contributed by atoms with Gasteiger partial charge in [-0.3, -0.25) is 14.0 Å². The molecule has 2 aromatic heterocycles. The average molecular weight is 344 g/mol. The predicted molar refractivity (Wildman–Crippen MR) is 90.9 cm³/mol. The summed E-state index contributed by atoms with van der Waals surface area (Å²) in [6.45, 7) is 1.87. The Bertz CT molecular complexity index is 951. The number of carbonyl (C=O) groups excluding carboxylic acids is 1. The number of fused-ring (bicyclic) bond motifs is 1. The third-order valence-corrected chi connectivity index (χ3v) is 4.09. The van der Waals surface area contributed by atoms with Crippen LogP contribution in [0.4, 0.5) is 0 Å². The Labute approximate surface area is 143 Å². The number of benzene rings is 1. The Hall–Kier alpha value is -2.87. The molecule has 132 valence electrons. The number of amides is 1. The van der Waals surface area contributed by atoms with Gasteiger partial charge in [0.2, 0.25) is 5.91 Å². The maximum absolute atomic E-state index is 12.1. The lowest BCUT2D eigenvalue weighted by molar-refractivity contribution is -0.122. The second kappa shape index (κ2) is 6.56. The average Bonchev–Trinajstić information content (AvgIpc) is 3.14. The van der Waals surface area contributed by atoms with Crippen molar-refractivity contribution >= 4 is 17.0 Å². The number of nitrogens with zero attached hydrogens (tertiary/aromatic N) is 3. The van der Waals surface area contributed by atoms with E-state index < -0.39 is 11.4 Å². The van der Waals surface area contributed by atoms with Gasteiger partial charge >= 0.3 is 5.76 Å². The molecule has 0 saturated heterocycles. The SMILES string of the molecule is Cn1cc(C(C)(O)CNC(=O)CCn2c(=O)oc3ccccc32)cn1. The fraction of sp³-hybridized carbons (Fsp3) is 0.353. The summed E-state index contributed by atoms with van der Waals surface area (Å²) in [6.07, 6.45) is 3.36. The second-order valence-corrected chi connectivity index (χ2v) is 6.19. The van der Waals surface area contributed by atoms with E-state index in [-0.39, 0.29) is 25.4 Å². The van der Waals surface area contributed by atoms with E-state index in [1.165, 1.54) is 4.57 Å². The molecule has 2 N–H and O–H groups in total. The van der Waals surface area contributed by atoms with Crippen molar-refractivity contribution < 1.29 is 14.3 Å². The van der Waals surface area contributed by atoms with E-state index in [4.69, 9.17) is 4.42 Å². The van der Waals surface area contributed by atoms with Crippen molar-refractivity contribution in [2.24, 2.45) is 7.05 Å². The van der Waals surface area contributed by atoms with Gasteiger partial charge < -0.3 is 14.8 Å². The minimum Gasteiger partial charge on any atom is -0.408 e. The minimum absolute atomic E-state index is 0.0541. The highest BCUT2D eigenvalue weighted by molar-refractivity contribution is 5.76. The molecule has 3 rings (SSSR count). The van der Waals surface area contributed by atoms with Gasteiger partial charge in [0.15, 0.2) is 5.58 Å². The van der Waals surface area contributed by atoms with Gasteiger partial charge in [-0.05, 0) is 19.1 Å². The van der Waals surface area contributed by atoms with Crippen LogP contribution in [0.3, 0.4) is 0 Å². The molecule has 0 fully saturated rings. The van der Waals surface area contributed by atoms with E-state index in [1.807, 2.05) is 0 Å². The predicted octanol–water partition coefficient (Wildman–Crippen LogP) is 0.742. The number of oxazole rings is 1. The molecular formula is C17H20N4O4. The number of aryl methyl sites for hydroxylation is 2. The Morgan fingerprint density at radius 3 is 2.88 bits per heavy atom. The van der Waals surface area contributed by atoms with Crippen molar-refractivity contribution in [3.05, 3.63) is 52.8 Å². The van der Waals surface area contributed by atoms with Gasteiger partial charge in [-0.2, -0.15) is 5.10 Å². The Morgan fingerprint density at radius 2 is 2.16 bits per heavy atom. The zero-order valence-electron chi connectivity index (χ0n) is 14.1. The first-order chi connectivity index (χ1) is 11.9. The third-order valence-electron chi connectivity index (χ3n) is 4.09. The van der Waals surface area contributed by atoms with Crippen LogP contribution in [0.5, 0.6) is 0 Å². The molecule has 0 aliphatic carbocycles. The molecule has 1 amide bonds. The second-order valence-electron chi connectivity index (χ2n) is 6.19. The van der Waals surface area contributed by atoms with E-state index in [0.29, 0.717) is 16.7 Å². The van der Waals surface area contributed by atoms with Crippen molar-refractivity contribution in [2.45, 2.75) is 25.5 Å². The maximum Gasteiger partial charge on any atom is 0.419 e. The number of hydrogen-bond donors (Lipinski definition) is 2. The van der Waals surface area contributed by atoms with E-state index >= 15 is 0 Å². The van der Waals surface area contributed by atoms with Gasteiger partial charge in [0.25, 0.3) is 0 Å². The molecule has 0 saturated carbocycles. The lowest BCUT2D eigenvalue weighted by atomic mass is 10.00. The van der Waals surface area contributed by atoms with Crippen molar-refractivity contribution in [1.82, 2.24) is 19.7 Å². The number of hydrogen-bond acceptors (Lipinski definition) is 5. The zero-order chi connectivity index (χ0) is 18.0. The monoisotopic (exact) mass is 344 g/mol. The summed E-state index contributed by atoms with van der Waals surface area (Å²) >= 11 is 0. The summed E-state index contributed by atoms with van der Waals surface area (Å²) in [4.78, 5) is 24.0. The van der Waals surface area contributed by atoms with Crippen molar-refractivity contribution in [1.29, 1.82) is 0 Å². The third kappa shape index (κ3) is 3.63. The van der Waals surface area contributed by atoms with Gasteiger partial charge in [0.05, 0.1) is 18.3 Å². The first-order valence-corrected chi connectivity index (χ1v) is 7.93. The molecule has 1 aromatic carbocycles. The number of para-hydroxylation sites is 2. The molecule has 8 nitrogen and oxygen atoms in total. The van der Waals surface area contributed by atoms with Gasteiger partial charge in [-0.1, -0.05) is 12.1 Å². The summed E-state index contributed by atoms with van der Waals surface area (Å²) < 4.78 is 8.14. The lowest BCUT2D eigenvalue weighted by Crippen LogP contribution is -2.38. The highest BCUT2D eigenvalue weighted by Gasteiger charge is 2.25. The van der Waals surface area contributed by atoms with Crippen molar-refractivity contribution in [3.63, 3.8) is 0 Å². The summed E-state index contributed by atoms with van der Waals surface area (Å²) in [5, 5.41) is 17.2. The van der Waals surface area contributed by atoms with Gasteiger partial charge in [0.1, 0.15) is 5.60 Å². The molecule has 1 unspecified atom stereocenters. The fourth-order valence-corrected chi connectivity index (χ4v) is 2.60. The number of nitrogens with one attached hydrogen (secondary N) is 1. The van der Waals surface area contributed by atoms with Crippen LogP contribution in [0.1, 0.15) is 18.9 Å². The minimum atomic E-state index is -1.22. The topological polar surface area (TPSA) is 102 Å². The molecule has 1 atom stereocenters. The largest absolute Gasteiger partial charge is 0.419 e. The first-order valence-electron chi connectivity index (χ1n) is 7.93. The van der Waals surface area contributed by atoms with Crippen molar-refractivity contribution in [2.75, 3.05) is 6.54 Å². The molecule has 0 spiro atoms. The van der Waals surface area contributed by atoms with E-state index in [9.17, 15) is 14.7 Å². The first kappa shape index (κ1) is 17.0. The molecule has 0 aliphatic heterocycles. The molecule has 0 bridgehead atoms. The van der Waals surface area contributed by atoms with Crippen LogP contribution < -0.4 is 11.1 Å². The van der Waals surface area contributed by atoms with Crippen LogP contribution in [0.25, 0.3) is 11.1 Å². The van der Waals surface area contributed by atoms with E-state index in [0.717, 1.165) is 0 Å². The van der Waals surface area contributed by atoms with Gasteiger partial charge in [-0.25, -0.2) is 4.79 Å². The number of carbonyl (C=O) groups is 1. The van der Waals surface area contributed by atoms with Crippen LogP contribution in [0.15, 0.2) is 45.9 Å². The van der Waals surface area contributed by atoms with Crippen LogP contribution >= 0.6 is 0 Å². The Kier molecular flexibility index (Phi) is 4.45. The lowest BCUT2D eigenvalue weighted by Gasteiger charge is -2.22. The van der Waals surface area contributed by atoms with E-state index in [2.05, 4.69) is 10.4 Å². The summed E-state index contributed by atoms with van der Waals surface area (Å²) in [5.74, 6) is -0.752. The molecule has 8 heteroatoms.